The van der Waals surface area contributed by atoms with Crippen LogP contribution in [0.2, 0.25) is 0 Å². The second-order valence-corrected chi connectivity index (χ2v) is 3.85. The predicted octanol–water partition coefficient (Wildman–Crippen LogP) is 3.55. The molecule has 4 heteroatoms. The molecule has 0 aliphatic carbocycles. The molecule has 0 bridgehead atoms. The first kappa shape index (κ1) is 14.6. The Bertz CT molecular complexity index is 509. The Morgan fingerprint density at radius 3 is 2.17 bits per heavy atom. The molecule has 0 spiro atoms. The summed E-state index contributed by atoms with van der Waals surface area (Å²) in [4.78, 5) is 0. The Morgan fingerprint density at radius 2 is 1.56 bits per heavy atom. The van der Waals surface area contributed by atoms with E-state index in [1.807, 2.05) is 24.3 Å². The summed E-state index contributed by atoms with van der Waals surface area (Å²) in [6.45, 7) is 0.509. The molecule has 0 unspecified atom stereocenters. The summed E-state index contributed by atoms with van der Waals surface area (Å²) >= 11 is 0. The third kappa shape index (κ3) is 3.28. The highest BCUT2D eigenvalue weighted by Gasteiger charge is 2.07. The van der Waals surface area contributed by atoms with Gasteiger partial charge in [-0.1, -0.05) is 24.3 Å². The van der Waals surface area contributed by atoms with Crippen LogP contribution in [0.25, 0.3) is 11.1 Å². The van der Waals surface area contributed by atoms with Gasteiger partial charge in [0, 0.05) is 6.07 Å². The molecule has 0 atom stereocenters. The first-order valence-corrected chi connectivity index (χ1v) is 5.45. The van der Waals surface area contributed by atoms with Crippen LogP contribution in [0.4, 0.5) is 8.78 Å². The van der Waals surface area contributed by atoms with Crippen LogP contribution in [0.1, 0.15) is 5.56 Å². The van der Waals surface area contributed by atoms with Crippen LogP contribution in [0, 0.1) is 11.6 Å². The number of hydrogen-bond donors (Lipinski definition) is 1. The smallest absolute Gasteiger partial charge is 0.126 e. The van der Waals surface area contributed by atoms with Crippen molar-refractivity contribution in [2.24, 2.45) is 5.73 Å². The SMILES string of the molecule is Cl.NCCc1ccccc1-c1cc(F)cc(F)c1. The van der Waals surface area contributed by atoms with Gasteiger partial charge in [-0.25, -0.2) is 8.78 Å². The fraction of sp³-hybridized carbons (Fsp3) is 0.143. The fourth-order valence-electron chi connectivity index (χ4n) is 1.88. The molecule has 0 aromatic heterocycles. The van der Waals surface area contributed by atoms with Crippen LogP contribution in [-0.4, -0.2) is 6.54 Å². The summed E-state index contributed by atoms with van der Waals surface area (Å²) in [6, 6.07) is 11.0. The number of rotatable bonds is 3. The first-order chi connectivity index (χ1) is 8.20. The summed E-state index contributed by atoms with van der Waals surface area (Å²) in [5.41, 5.74) is 7.90. The van der Waals surface area contributed by atoms with E-state index in [2.05, 4.69) is 0 Å². The summed E-state index contributed by atoms with van der Waals surface area (Å²) < 4.78 is 26.3. The van der Waals surface area contributed by atoms with Crippen LogP contribution in [0.15, 0.2) is 42.5 Å². The number of halogens is 3. The van der Waals surface area contributed by atoms with Gasteiger partial charge in [-0.15, -0.1) is 12.4 Å². The minimum absolute atomic E-state index is 0. The molecule has 0 saturated heterocycles. The maximum absolute atomic E-state index is 13.2. The molecule has 96 valence electrons. The second-order valence-electron chi connectivity index (χ2n) is 3.85. The van der Waals surface area contributed by atoms with E-state index in [-0.39, 0.29) is 12.4 Å². The summed E-state index contributed by atoms with van der Waals surface area (Å²) in [6.07, 6.45) is 0.689. The van der Waals surface area contributed by atoms with E-state index in [1.165, 1.54) is 12.1 Å². The highest BCUT2D eigenvalue weighted by atomic mass is 35.5. The molecular formula is C14H14ClF2N. The Balaban J connectivity index is 0.00000162. The van der Waals surface area contributed by atoms with Gasteiger partial charge < -0.3 is 5.73 Å². The van der Waals surface area contributed by atoms with E-state index in [0.717, 1.165) is 17.2 Å². The number of nitrogens with two attached hydrogens (primary N) is 1. The third-order valence-electron chi connectivity index (χ3n) is 2.60. The van der Waals surface area contributed by atoms with Crippen molar-refractivity contribution in [3.05, 3.63) is 59.7 Å². The minimum atomic E-state index is -0.567. The zero-order valence-electron chi connectivity index (χ0n) is 9.70. The van der Waals surface area contributed by atoms with Gasteiger partial charge in [0.1, 0.15) is 11.6 Å². The average molecular weight is 270 g/mol. The van der Waals surface area contributed by atoms with Crippen LogP contribution in [-0.2, 0) is 6.42 Å². The first-order valence-electron chi connectivity index (χ1n) is 5.45. The van der Waals surface area contributed by atoms with E-state index < -0.39 is 11.6 Å². The van der Waals surface area contributed by atoms with Crippen molar-refractivity contribution in [1.82, 2.24) is 0 Å². The second kappa shape index (κ2) is 6.47. The van der Waals surface area contributed by atoms with Gasteiger partial charge >= 0.3 is 0 Å². The molecule has 0 fully saturated rings. The van der Waals surface area contributed by atoms with E-state index in [9.17, 15) is 8.78 Å². The molecule has 0 saturated carbocycles. The molecule has 0 amide bonds. The molecule has 2 aromatic rings. The molecule has 0 heterocycles. The molecule has 0 radical (unpaired) electrons. The van der Waals surface area contributed by atoms with Crippen LogP contribution < -0.4 is 5.73 Å². The van der Waals surface area contributed by atoms with Gasteiger partial charge in [0.25, 0.3) is 0 Å². The predicted molar refractivity (Wildman–Crippen MR) is 71.8 cm³/mol. The Morgan fingerprint density at radius 1 is 0.944 bits per heavy atom. The summed E-state index contributed by atoms with van der Waals surface area (Å²) in [7, 11) is 0. The Hall–Kier alpha value is -1.45. The van der Waals surface area contributed by atoms with Gasteiger partial charge in [-0.05, 0) is 41.8 Å². The third-order valence-corrected chi connectivity index (χ3v) is 2.60. The lowest BCUT2D eigenvalue weighted by Crippen LogP contribution is -2.03. The van der Waals surface area contributed by atoms with Crippen LogP contribution in [0.3, 0.4) is 0 Å². The molecule has 2 rings (SSSR count). The van der Waals surface area contributed by atoms with Crippen molar-refractivity contribution in [3.8, 4) is 11.1 Å². The topological polar surface area (TPSA) is 26.0 Å². The Kier molecular flexibility index (Phi) is 5.25. The highest BCUT2D eigenvalue weighted by Crippen LogP contribution is 2.25. The highest BCUT2D eigenvalue weighted by molar-refractivity contribution is 5.85. The van der Waals surface area contributed by atoms with Crippen LogP contribution in [0.5, 0.6) is 0 Å². The number of benzene rings is 2. The standard InChI is InChI=1S/C14H13F2N.ClH/c15-12-7-11(8-13(16)9-12)14-4-2-1-3-10(14)5-6-17;/h1-4,7-9H,5-6,17H2;1H. The maximum atomic E-state index is 13.2. The van der Waals surface area contributed by atoms with Crippen molar-refractivity contribution in [2.75, 3.05) is 6.54 Å². The lowest BCUT2D eigenvalue weighted by Gasteiger charge is -2.09. The fourth-order valence-corrected chi connectivity index (χ4v) is 1.88. The van der Waals surface area contributed by atoms with Crippen molar-refractivity contribution in [2.45, 2.75) is 6.42 Å². The normalized spacial score (nSPS) is 9.94. The van der Waals surface area contributed by atoms with Gasteiger partial charge in [0.15, 0.2) is 0 Å². The van der Waals surface area contributed by atoms with Gasteiger partial charge in [0.05, 0.1) is 0 Å². The van der Waals surface area contributed by atoms with Gasteiger partial charge in [-0.3, -0.25) is 0 Å². The Labute approximate surface area is 111 Å². The van der Waals surface area contributed by atoms with Gasteiger partial charge in [0.2, 0.25) is 0 Å². The van der Waals surface area contributed by atoms with Crippen molar-refractivity contribution < 1.29 is 8.78 Å². The zero-order valence-corrected chi connectivity index (χ0v) is 10.5. The monoisotopic (exact) mass is 269 g/mol. The van der Waals surface area contributed by atoms with Gasteiger partial charge in [-0.2, -0.15) is 0 Å². The molecule has 2 aromatic carbocycles. The average Bonchev–Trinajstić information content (AvgIpc) is 2.29. The van der Waals surface area contributed by atoms with E-state index >= 15 is 0 Å². The molecule has 2 N–H and O–H groups in total. The largest absolute Gasteiger partial charge is 0.330 e. The summed E-state index contributed by atoms with van der Waals surface area (Å²) in [5.74, 6) is -1.13. The lowest BCUT2D eigenvalue weighted by atomic mass is 9.97. The number of hydrogen-bond acceptors (Lipinski definition) is 1. The summed E-state index contributed by atoms with van der Waals surface area (Å²) in [5, 5.41) is 0. The lowest BCUT2D eigenvalue weighted by molar-refractivity contribution is 0.584. The van der Waals surface area contributed by atoms with E-state index in [0.29, 0.717) is 18.5 Å². The van der Waals surface area contributed by atoms with Crippen molar-refractivity contribution in [3.63, 3.8) is 0 Å². The van der Waals surface area contributed by atoms with Crippen LogP contribution >= 0.6 is 12.4 Å². The molecule has 18 heavy (non-hydrogen) atoms. The molecule has 0 aliphatic heterocycles. The molecule has 0 aliphatic rings. The van der Waals surface area contributed by atoms with Crippen molar-refractivity contribution >= 4 is 12.4 Å². The molecule has 1 nitrogen and oxygen atoms in total. The quantitative estimate of drug-likeness (QED) is 0.906. The van der Waals surface area contributed by atoms with E-state index in [1.54, 1.807) is 0 Å². The van der Waals surface area contributed by atoms with Crippen molar-refractivity contribution in [1.29, 1.82) is 0 Å². The zero-order chi connectivity index (χ0) is 12.3. The van der Waals surface area contributed by atoms with E-state index in [4.69, 9.17) is 5.73 Å². The minimum Gasteiger partial charge on any atom is -0.330 e. The molecular weight excluding hydrogens is 256 g/mol. The maximum Gasteiger partial charge on any atom is 0.126 e.